The summed E-state index contributed by atoms with van der Waals surface area (Å²) in [5.74, 6) is 2.19. The third-order valence-corrected chi connectivity index (χ3v) is 2.97. The molecule has 5 nitrogen and oxygen atoms in total. The summed E-state index contributed by atoms with van der Waals surface area (Å²) in [4.78, 5) is 12.0. The number of hydrogen-bond donors (Lipinski definition) is 2. The zero-order valence-electron chi connectivity index (χ0n) is 12.5. The molecule has 1 atom stereocenters. The standard InChI is InChI=1S/C16H20N2O3/c1-4-20-15-8-6-5-7-13(15)18-16(19)17-12(3)14-10-9-11(2)21-14/h5-10,12H,4H2,1-3H3,(H2,17,18,19). The Morgan fingerprint density at radius 3 is 2.71 bits per heavy atom. The first kappa shape index (κ1) is 15.0. The number of carbonyl (C=O) groups is 1. The molecule has 5 heteroatoms. The molecule has 1 aromatic carbocycles. The summed E-state index contributed by atoms with van der Waals surface area (Å²) in [7, 11) is 0. The van der Waals surface area contributed by atoms with Crippen LogP contribution in [0.3, 0.4) is 0 Å². The maximum Gasteiger partial charge on any atom is 0.319 e. The number of hydrogen-bond acceptors (Lipinski definition) is 3. The summed E-state index contributed by atoms with van der Waals surface area (Å²) in [6.45, 7) is 6.18. The lowest BCUT2D eigenvalue weighted by molar-refractivity contribution is 0.247. The van der Waals surface area contributed by atoms with Crippen LogP contribution in [-0.2, 0) is 0 Å². The van der Waals surface area contributed by atoms with Crippen LogP contribution in [0.5, 0.6) is 5.75 Å². The van der Waals surface area contributed by atoms with Gasteiger partial charge in [-0.2, -0.15) is 0 Å². The largest absolute Gasteiger partial charge is 0.492 e. The minimum Gasteiger partial charge on any atom is -0.492 e. The van der Waals surface area contributed by atoms with Gasteiger partial charge in [0.25, 0.3) is 0 Å². The van der Waals surface area contributed by atoms with Crippen molar-refractivity contribution in [1.82, 2.24) is 5.32 Å². The van der Waals surface area contributed by atoms with E-state index in [0.29, 0.717) is 18.0 Å². The van der Waals surface area contributed by atoms with E-state index in [0.717, 1.165) is 11.5 Å². The van der Waals surface area contributed by atoms with Gasteiger partial charge in [-0.3, -0.25) is 0 Å². The second-order valence-electron chi connectivity index (χ2n) is 4.70. The van der Waals surface area contributed by atoms with Crippen LogP contribution in [0.15, 0.2) is 40.8 Å². The Morgan fingerprint density at radius 1 is 1.29 bits per heavy atom. The summed E-state index contributed by atoms with van der Waals surface area (Å²) in [5.41, 5.74) is 0.639. The lowest BCUT2D eigenvalue weighted by Gasteiger charge is -2.14. The zero-order valence-corrected chi connectivity index (χ0v) is 12.5. The molecule has 0 aliphatic heterocycles. The van der Waals surface area contributed by atoms with Gasteiger partial charge in [0.15, 0.2) is 0 Å². The van der Waals surface area contributed by atoms with Crippen LogP contribution in [-0.4, -0.2) is 12.6 Å². The summed E-state index contributed by atoms with van der Waals surface area (Å²) in [6, 6.07) is 10.5. The van der Waals surface area contributed by atoms with Crippen LogP contribution in [0.1, 0.15) is 31.4 Å². The number of amides is 2. The van der Waals surface area contributed by atoms with Crippen LogP contribution in [0, 0.1) is 6.92 Å². The average molecular weight is 288 g/mol. The van der Waals surface area contributed by atoms with Crippen molar-refractivity contribution in [3.63, 3.8) is 0 Å². The van der Waals surface area contributed by atoms with Crippen LogP contribution in [0.25, 0.3) is 0 Å². The fraction of sp³-hybridized carbons (Fsp3) is 0.312. The number of furan rings is 1. The normalized spacial score (nSPS) is 11.8. The number of benzene rings is 1. The molecule has 0 aliphatic carbocycles. The Labute approximate surface area is 124 Å². The molecule has 0 fully saturated rings. The average Bonchev–Trinajstić information content (AvgIpc) is 2.88. The Morgan fingerprint density at radius 2 is 2.05 bits per heavy atom. The fourth-order valence-electron chi connectivity index (χ4n) is 1.96. The first-order chi connectivity index (χ1) is 10.1. The molecule has 1 heterocycles. The third kappa shape index (κ3) is 4.02. The summed E-state index contributed by atoms with van der Waals surface area (Å²) in [6.07, 6.45) is 0. The second-order valence-corrected chi connectivity index (χ2v) is 4.70. The van der Waals surface area contributed by atoms with Crippen molar-refractivity contribution in [3.05, 3.63) is 47.9 Å². The Balaban J connectivity index is 1.98. The smallest absolute Gasteiger partial charge is 0.319 e. The molecule has 1 unspecified atom stereocenters. The lowest BCUT2D eigenvalue weighted by atomic mass is 10.2. The number of nitrogens with one attached hydrogen (secondary N) is 2. The van der Waals surface area contributed by atoms with Gasteiger partial charge in [-0.05, 0) is 45.0 Å². The highest BCUT2D eigenvalue weighted by molar-refractivity contribution is 5.91. The van der Waals surface area contributed by atoms with E-state index in [1.807, 2.05) is 51.1 Å². The number of urea groups is 1. The van der Waals surface area contributed by atoms with E-state index in [4.69, 9.17) is 9.15 Å². The molecule has 21 heavy (non-hydrogen) atoms. The number of para-hydroxylation sites is 2. The zero-order chi connectivity index (χ0) is 15.2. The van der Waals surface area contributed by atoms with Gasteiger partial charge in [-0.15, -0.1) is 0 Å². The van der Waals surface area contributed by atoms with Crippen molar-refractivity contribution in [3.8, 4) is 5.75 Å². The minimum absolute atomic E-state index is 0.210. The van der Waals surface area contributed by atoms with E-state index in [9.17, 15) is 4.79 Å². The molecule has 2 N–H and O–H groups in total. The van der Waals surface area contributed by atoms with E-state index in [2.05, 4.69) is 10.6 Å². The summed E-state index contributed by atoms with van der Waals surface area (Å²) < 4.78 is 11.0. The van der Waals surface area contributed by atoms with Crippen LogP contribution >= 0.6 is 0 Å². The number of carbonyl (C=O) groups excluding carboxylic acids is 1. The van der Waals surface area contributed by atoms with Crippen molar-refractivity contribution in [2.24, 2.45) is 0 Å². The quantitative estimate of drug-likeness (QED) is 0.877. The monoisotopic (exact) mass is 288 g/mol. The van der Waals surface area contributed by atoms with Gasteiger partial charge < -0.3 is 19.8 Å². The highest BCUT2D eigenvalue weighted by atomic mass is 16.5. The fourth-order valence-corrected chi connectivity index (χ4v) is 1.96. The van der Waals surface area contributed by atoms with Gasteiger partial charge in [-0.1, -0.05) is 12.1 Å². The van der Waals surface area contributed by atoms with Gasteiger partial charge >= 0.3 is 6.03 Å². The molecule has 2 aromatic rings. The molecule has 0 saturated carbocycles. The van der Waals surface area contributed by atoms with Crippen LogP contribution in [0.4, 0.5) is 10.5 Å². The van der Waals surface area contributed by atoms with E-state index in [-0.39, 0.29) is 12.1 Å². The predicted octanol–water partition coefficient (Wildman–Crippen LogP) is 3.87. The van der Waals surface area contributed by atoms with Gasteiger partial charge in [0.05, 0.1) is 18.3 Å². The maximum absolute atomic E-state index is 12.0. The second kappa shape index (κ2) is 6.83. The first-order valence-electron chi connectivity index (χ1n) is 6.96. The highest BCUT2D eigenvalue weighted by Crippen LogP contribution is 2.24. The highest BCUT2D eigenvalue weighted by Gasteiger charge is 2.13. The molecule has 2 amide bonds. The maximum atomic E-state index is 12.0. The number of aryl methyl sites for hydroxylation is 1. The molecule has 0 radical (unpaired) electrons. The van der Waals surface area contributed by atoms with E-state index in [1.165, 1.54) is 0 Å². The van der Waals surface area contributed by atoms with E-state index >= 15 is 0 Å². The van der Waals surface area contributed by atoms with Crippen LogP contribution in [0.2, 0.25) is 0 Å². The molecule has 0 saturated heterocycles. The molecule has 2 rings (SSSR count). The predicted molar refractivity (Wildman–Crippen MR) is 81.6 cm³/mol. The Bertz CT molecular complexity index is 607. The molecule has 112 valence electrons. The Kier molecular flexibility index (Phi) is 4.87. The van der Waals surface area contributed by atoms with Gasteiger partial charge in [0, 0.05) is 0 Å². The SMILES string of the molecule is CCOc1ccccc1NC(=O)NC(C)c1ccc(C)o1. The van der Waals surface area contributed by atoms with Crippen LogP contribution < -0.4 is 15.4 Å². The van der Waals surface area contributed by atoms with Crippen molar-refractivity contribution in [2.45, 2.75) is 26.8 Å². The topological polar surface area (TPSA) is 63.5 Å². The van der Waals surface area contributed by atoms with Crippen molar-refractivity contribution in [2.75, 3.05) is 11.9 Å². The van der Waals surface area contributed by atoms with Gasteiger partial charge in [0.1, 0.15) is 17.3 Å². The summed E-state index contributed by atoms with van der Waals surface area (Å²) >= 11 is 0. The van der Waals surface area contributed by atoms with Crippen molar-refractivity contribution in [1.29, 1.82) is 0 Å². The van der Waals surface area contributed by atoms with Crippen molar-refractivity contribution < 1.29 is 13.9 Å². The van der Waals surface area contributed by atoms with Gasteiger partial charge in [-0.25, -0.2) is 4.79 Å². The molecule has 1 aromatic heterocycles. The van der Waals surface area contributed by atoms with E-state index in [1.54, 1.807) is 6.07 Å². The third-order valence-electron chi connectivity index (χ3n) is 2.97. The number of anilines is 1. The first-order valence-corrected chi connectivity index (χ1v) is 6.96. The molecule has 0 aliphatic rings. The lowest BCUT2D eigenvalue weighted by Crippen LogP contribution is -2.31. The Hall–Kier alpha value is -2.43. The molecule has 0 bridgehead atoms. The number of ether oxygens (including phenoxy) is 1. The minimum atomic E-state index is -0.302. The summed E-state index contributed by atoms with van der Waals surface area (Å²) in [5, 5.41) is 5.61. The van der Waals surface area contributed by atoms with E-state index < -0.39 is 0 Å². The number of rotatable bonds is 5. The molecular weight excluding hydrogens is 268 g/mol. The molecule has 0 spiro atoms. The van der Waals surface area contributed by atoms with Crippen molar-refractivity contribution >= 4 is 11.7 Å². The molecular formula is C16H20N2O3. The van der Waals surface area contributed by atoms with Gasteiger partial charge in [0.2, 0.25) is 0 Å².